The van der Waals surface area contributed by atoms with Gasteiger partial charge in [0, 0.05) is 50.2 Å². The summed E-state index contributed by atoms with van der Waals surface area (Å²) in [6, 6.07) is 18.2. The number of piperazine rings is 1. The van der Waals surface area contributed by atoms with Gasteiger partial charge in [-0.25, -0.2) is 0 Å². The van der Waals surface area contributed by atoms with E-state index in [9.17, 15) is 19.2 Å². The molecule has 0 aliphatic carbocycles. The Morgan fingerprint density at radius 2 is 1.75 bits per heavy atom. The van der Waals surface area contributed by atoms with Crippen molar-refractivity contribution in [3.05, 3.63) is 82.9 Å². The number of nitrogens with one attached hydrogen (secondary N) is 2. The Balaban J connectivity index is 1.42. The van der Waals surface area contributed by atoms with Gasteiger partial charge in [0.05, 0.1) is 13.1 Å². The fourth-order valence-corrected chi connectivity index (χ4v) is 6.42. The summed E-state index contributed by atoms with van der Waals surface area (Å²) in [4.78, 5) is 59.1. The molecule has 2 aliphatic rings. The fraction of sp³-hybridized carbons (Fsp3) is 0.394. The zero-order chi connectivity index (χ0) is 31.2. The van der Waals surface area contributed by atoms with E-state index in [0.29, 0.717) is 17.0 Å². The molecule has 232 valence electrons. The molecule has 3 aromatic rings. The quantitative estimate of drug-likeness (QED) is 0.337. The Bertz CT molecular complexity index is 1520. The number of carbonyl (C=O) groups excluding carboxylic acids is 4. The van der Waals surface area contributed by atoms with Gasteiger partial charge in [0.15, 0.2) is 0 Å². The lowest BCUT2D eigenvalue weighted by Gasteiger charge is -2.36. The second-order valence-electron chi connectivity index (χ2n) is 11.5. The van der Waals surface area contributed by atoms with E-state index in [0.717, 1.165) is 42.5 Å². The molecule has 0 bridgehead atoms. The molecule has 2 saturated heterocycles. The van der Waals surface area contributed by atoms with Gasteiger partial charge in [-0.2, -0.15) is 0 Å². The lowest BCUT2D eigenvalue weighted by atomic mass is 9.96. The number of fused-ring (bicyclic) bond motifs is 1. The predicted octanol–water partition coefficient (Wildman–Crippen LogP) is 2.10. The molecule has 2 fully saturated rings. The molecule has 3 aromatic carbocycles. The van der Waals surface area contributed by atoms with E-state index in [1.807, 2.05) is 54.3 Å². The summed E-state index contributed by atoms with van der Waals surface area (Å²) >= 11 is 6.36. The van der Waals surface area contributed by atoms with Crippen LogP contribution in [0.25, 0.3) is 10.8 Å². The zero-order valence-electron chi connectivity index (χ0n) is 24.9. The molecule has 0 saturated carbocycles. The van der Waals surface area contributed by atoms with Crippen LogP contribution < -0.4 is 16.4 Å². The SMILES string of the molecule is C[C@@H]1CCN(C(Cc2cccc3ccccc23)C(N)=O)C(=O)[C@H](c2cccc(Cl)c2)N1C(=O)CNC(=O)CN1CCNCC1. The van der Waals surface area contributed by atoms with Crippen molar-refractivity contribution in [2.45, 2.75) is 37.9 Å². The van der Waals surface area contributed by atoms with Gasteiger partial charge in [0.25, 0.3) is 5.91 Å². The van der Waals surface area contributed by atoms with E-state index < -0.39 is 29.8 Å². The number of rotatable bonds is 9. The molecule has 2 heterocycles. The summed E-state index contributed by atoms with van der Waals surface area (Å²) in [6.45, 7) is 5.18. The highest BCUT2D eigenvalue weighted by molar-refractivity contribution is 6.30. The Morgan fingerprint density at radius 1 is 1.02 bits per heavy atom. The van der Waals surface area contributed by atoms with Crippen LogP contribution in [0.5, 0.6) is 0 Å². The molecule has 44 heavy (non-hydrogen) atoms. The Hall–Kier alpha value is -3.99. The number of hydrogen-bond donors (Lipinski definition) is 3. The fourth-order valence-electron chi connectivity index (χ4n) is 6.22. The van der Waals surface area contributed by atoms with E-state index in [4.69, 9.17) is 17.3 Å². The third-order valence-corrected chi connectivity index (χ3v) is 8.76. The van der Waals surface area contributed by atoms with E-state index in [2.05, 4.69) is 10.6 Å². The van der Waals surface area contributed by atoms with Crippen molar-refractivity contribution >= 4 is 46.0 Å². The molecule has 5 rings (SSSR count). The number of hydrogen-bond acceptors (Lipinski definition) is 6. The van der Waals surface area contributed by atoms with Gasteiger partial charge in [-0.1, -0.05) is 66.2 Å². The average Bonchev–Trinajstić information content (AvgIpc) is 3.14. The molecule has 4 N–H and O–H groups in total. The summed E-state index contributed by atoms with van der Waals surface area (Å²) in [5.41, 5.74) is 7.40. The largest absolute Gasteiger partial charge is 0.368 e. The Labute approximate surface area is 262 Å². The summed E-state index contributed by atoms with van der Waals surface area (Å²) in [7, 11) is 0. The van der Waals surface area contributed by atoms with Crippen molar-refractivity contribution < 1.29 is 19.2 Å². The normalized spacial score (nSPS) is 20.3. The highest BCUT2D eigenvalue weighted by Gasteiger charge is 2.43. The molecular formula is C33H39ClN6O4. The van der Waals surface area contributed by atoms with E-state index in [1.54, 1.807) is 24.3 Å². The van der Waals surface area contributed by atoms with Crippen LogP contribution in [0.3, 0.4) is 0 Å². The number of benzene rings is 3. The van der Waals surface area contributed by atoms with Crippen LogP contribution >= 0.6 is 11.6 Å². The van der Waals surface area contributed by atoms with Gasteiger partial charge >= 0.3 is 0 Å². The summed E-state index contributed by atoms with van der Waals surface area (Å²) in [5.74, 6) is -1.68. The van der Waals surface area contributed by atoms with Crippen LogP contribution in [0.15, 0.2) is 66.7 Å². The Morgan fingerprint density at radius 3 is 2.50 bits per heavy atom. The molecule has 0 spiro atoms. The molecular weight excluding hydrogens is 580 g/mol. The summed E-state index contributed by atoms with van der Waals surface area (Å²) in [5, 5.41) is 8.42. The standard InChI is InChI=1S/C33H39ClN6O4/c1-22-12-15-39(28(32(35)43)19-24-8-4-7-23-6-2-3-11-27(23)24)33(44)31(25-9-5-10-26(34)18-25)40(22)30(42)20-37-29(41)21-38-16-13-36-14-17-38/h2-11,18,22,28,31,36H,12-17,19-21H2,1H3,(H2,35,43)(H,37,41)/t22-,28?,31+/m1/s1. The number of primary amides is 1. The zero-order valence-corrected chi connectivity index (χ0v) is 25.6. The number of nitrogens with two attached hydrogens (primary N) is 1. The summed E-state index contributed by atoms with van der Waals surface area (Å²) in [6.07, 6.45) is 0.650. The second-order valence-corrected chi connectivity index (χ2v) is 11.9. The number of nitrogens with zero attached hydrogens (tertiary/aromatic N) is 3. The molecule has 1 unspecified atom stereocenters. The molecule has 0 radical (unpaired) electrons. The van der Waals surface area contributed by atoms with Gasteiger partial charge in [0.1, 0.15) is 12.1 Å². The van der Waals surface area contributed by atoms with Gasteiger partial charge in [-0.05, 0) is 47.4 Å². The maximum atomic E-state index is 14.5. The predicted molar refractivity (Wildman–Crippen MR) is 170 cm³/mol. The van der Waals surface area contributed by atoms with Crippen molar-refractivity contribution in [1.29, 1.82) is 0 Å². The van der Waals surface area contributed by atoms with Crippen molar-refractivity contribution in [2.24, 2.45) is 5.73 Å². The van der Waals surface area contributed by atoms with Crippen LogP contribution in [0, 0.1) is 0 Å². The highest BCUT2D eigenvalue weighted by Crippen LogP contribution is 2.33. The first-order valence-electron chi connectivity index (χ1n) is 15.1. The number of halogens is 1. The van der Waals surface area contributed by atoms with Crippen molar-refractivity contribution in [1.82, 2.24) is 25.3 Å². The van der Waals surface area contributed by atoms with Crippen molar-refractivity contribution in [2.75, 3.05) is 45.8 Å². The van der Waals surface area contributed by atoms with Gasteiger partial charge in [0.2, 0.25) is 17.7 Å². The van der Waals surface area contributed by atoms with Crippen LogP contribution in [0.2, 0.25) is 5.02 Å². The molecule has 3 atom stereocenters. The topological polar surface area (TPSA) is 128 Å². The van der Waals surface area contributed by atoms with Gasteiger partial charge in [-0.15, -0.1) is 0 Å². The lowest BCUT2D eigenvalue weighted by Crippen LogP contribution is -2.53. The Kier molecular flexibility index (Phi) is 10.1. The summed E-state index contributed by atoms with van der Waals surface area (Å²) < 4.78 is 0. The minimum Gasteiger partial charge on any atom is -0.368 e. The van der Waals surface area contributed by atoms with E-state index in [1.165, 1.54) is 9.80 Å². The smallest absolute Gasteiger partial charge is 0.250 e. The molecule has 4 amide bonds. The maximum absolute atomic E-state index is 14.5. The first-order valence-corrected chi connectivity index (χ1v) is 15.4. The number of carbonyl (C=O) groups is 4. The number of amides is 4. The van der Waals surface area contributed by atoms with Crippen LogP contribution in [0.1, 0.15) is 30.5 Å². The molecule has 2 aliphatic heterocycles. The van der Waals surface area contributed by atoms with Crippen molar-refractivity contribution in [3.8, 4) is 0 Å². The minimum atomic E-state index is -1.06. The highest BCUT2D eigenvalue weighted by atomic mass is 35.5. The van der Waals surface area contributed by atoms with Crippen LogP contribution in [-0.2, 0) is 25.6 Å². The first kappa shape index (κ1) is 31.4. The maximum Gasteiger partial charge on any atom is 0.250 e. The lowest BCUT2D eigenvalue weighted by molar-refractivity contribution is -0.148. The molecule has 0 aromatic heterocycles. The van der Waals surface area contributed by atoms with Crippen LogP contribution in [0.4, 0.5) is 0 Å². The molecule has 10 nitrogen and oxygen atoms in total. The van der Waals surface area contributed by atoms with Gasteiger partial charge < -0.3 is 26.2 Å². The monoisotopic (exact) mass is 618 g/mol. The molecule has 11 heteroatoms. The first-order chi connectivity index (χ1) is 21.2. The third kappa shape index (κ3) is 7.20. The van der Waals surface area contributed by atoms with E-state index in [-0.39, 0.29) is 38.0 Å². The van der Waals surface area contributed by atoms with E-state index >= 15 is 0 Å². The third-order valence-electron chi connectivity index (χ3n) is 8.52. The van der Waals surface area contributed by atoms with Crippen LogP contribution in [-0.4, -0.2) is 96.2 Å². The minimum absolute atomic E-state index is 0.198. The average molecular weight is 619 g/mol. The van der Waals surface area contributed by atoms with Gasteiger partial charge in [-0.3, -0.25) is 24.1 Å². The van der Waals surface area contributed by atoms with Crippen molar-refractivity contribution in [3.63, 3.8) is 0 Å². The second kappa shape index (κ2) is 14.2.